The number of H-pyrrole nitrogens is 1. The van der Waals surface area contributed by atoms with E-state index in [0.29, 0.717) is 52.2 Å². The van der Waals surface area contributed by atoms with Gasteiger partial charge >= 0.3 is 18.1 Å². The number of carboxylic acid groups (broad SMARTS) is 1. The predicted octanol–water partition coefficient (Wildman–Crippen LogP) is 13.9. The molecule has 0 saturated heterocycles. The first-order chi connectivity index (χ1) is 32.5. The van der Waals surface area contributed by atoms with Crippen molar-refractivity contribution in [1.82, 2.24) is 9.55 Å². The van der Waals surface area contributed by atoms with Crippen LogP contribution < -0.4 is 14.2 Å². The number of aromatic carboxylic acids is 1. The van der Waals surface area contributed by atoms with Gasteiger partial charge in [0.1, 0.15) is 41.9 Å². The minimum Gasteiger partial charge on any atom is -0.493 e. The van der Waals surface area contributed by atoms with Gasteiger partial charge in [0.25, 0.3) is 0 Å². The molecule has 2 heterocycles. The van der Waals surface area contributed by atoms with Crippen molar-refractivity contribution in [2.75, 3.05) is 13.2 Å². The van der Waals surface area contributed by atoms with Gasteiger partial charge in [0.05, 0.1) is 23.2 Å². The Labute approximate surface area is 392 Å². The third-order valence-corrected chi connectivity index (χ3v) is 11.8. The number of carbonyl (C=O) groups is 2. The summed E-state index contributed by atoms with van der Waals surface area (Å²) in [6.45, 7) is 3.36. The normalized spacial score (nSPS) is 11.3. The topological polar surface area (TPSA) is 112 Å². The second-order valence-electron chi connectivity index (χ2n) is 15.4. The minimum atomic E-state index is -4.69. The molecule has 2 aromatic heterocycles. The first-order valence-electron chi connectivity index (χ1n) is 21.5. The van der Waals surface area contributed by atoms with Gasteiger partial charge in [-0.2, -0.15) is 13.2 Å². The van der Waals surface area contributed by atoms with Crippen molar-refractivity contribution in [3.63, 3.8) is 0 Å². The van der Waals surface area contributed by atoms with Crippen LogP contribution in [0.1, 0.15) is 51.0 Å². The van der Waals surface area contributed by atoms with Crippen LogP contribution in [0.25, 0.3) is 43.7 Å². The number of hydrogen-bond acceptors (Lipinski definition) is 6. The van der Waals surface area contributed by atoms with E-state index in [2.05, 4.69) is 20.9 Å². The van der Waals surface area contributed by atoms with Gasteiger partial charge in [-0.15, -0.1) is 0 Å². The molecule has 67 heavy (non-hydrogen) atoms. The number of hydrogen-bond donors (Lipinski definition) is 2. The molecule has 0 atom stereocenters. The maximum absolute atomic E-state index is 14.2. The van der Waals surface area contributed by atoms with E-state index in [9.17, 15) is 27.9 Å². The van der Waals surface area contributed by atoms with Crippen molar-refractivity contribution in [1.29, 1.82) is 0 Å². The van der Waals surface area contributed by atoms with Crippen molar-refractivity contribution in [3.05, 3.63) is 196 Å². The molecule has 340 valence electrons. The molecule has 0 amide bonds. The van der Waals surface area contributed by atoms with E-state index in [-0.39, 0.29) is 42.5 Å². The lowest BCUT2D eigenvalue weighted by Crippen LogP contribution is -2.13. The average molecular weight is 970 g/mol. The highest BCUT2D eigenvalue weighted by Gasteiger charge is 2.36. The molecule has 13 heteroatoms. The number of rotatable bonds is 15. The van der Waals surface area contributed by atoms with E-state index in [1.807, 2.05) is 121 Å². The Morgan fingerprint density at radius 2 is 1.30 bits per heavy atom. The summed E-state index contributed by atoms with van der Waals surface area (Å²) in [5, 5.41) is 13.7. The van der Waals surface area contributed by atoms with Gasteiger partial charge in [0.15, 0.2) is 0 Å². The molecule has 0 aliphatic heterocycles. The van der Waals surface area contributed by atoms with Crippen molar-refractivity contribution in [2.24, 2.45) is 0 Å². The number of alkyl halides is 3. The minimum absolute atomic E-state index is 0.000517. The van der Waals surface area contributed by atoms with E-state index in [1.165, 1.54) is 18.2 Å². The molecule has 0 spiro atoms. The van der Waals surface area contributed by atoms with Gasteiger partial charge in [-0.3, -0.25) is 0 Å². The van der Waals surface area contributed by atoms with Gasteiger partial charge in [-0.05, 0) is 99.9 Å². The molecule has 9 aromatic rings. The Balaban J connectivity index is 0.000000222. The van der Waals surface area contributed by atoms with Crippen LogP contribution in [0.2, 0.25) is 0 Å². The highest BCUT2D eigenvalue weighted by molar-refractivity contribution is 9.10. The maximum Gasteiger partial charge on any atom is 0.417 e. The summed E-state index contributed by atoms with van der Waals surface area (Å²) in [5.74, 6) is 0.174. The van der Waals surface area contributed by atoms with Crippen LogP contribution in [0, 0.1) is 0 Å². The van der Waals surface area contributed by atoms with Crippen LogP contribution >= 0.6 is 15.9 Å². The van der Waals surface area contributed by atoms with Crippen molar-refractivity contribution < 1.29 is 46.8 Å². The average Bonchev–Trinajstić information content (AvgIpc) is 3.85. The number of nitrogens with zero attached hydrogens (tertiary/aromatic N) is 1. The summed E-state index contributed by atoms with van der Waals surface area (Å²) in [7, 11) is 0. The van der Waals surface area contributed by atoms with Crippen LogP contribution in [-0.2, 0) is 30.7 Å². The molecule has 2 N–H and O–H groups in total. The molecule has 0 radical (unpaired) electrons. The van der Waals surface area contributed by atoms with Crippen LogP contribution in [0.3, 0.4) is 0 Å². The molecular formula is C54H44BrF3N2O7. The zero-order valence-corrected chi connectivity index (χ0v) is 37.8. The molecule has 0 unspecified atom stereocenters. The lowest BCUT2D eigenvalue weighted by molar-refractivity contribution is -0.137. The quantitative estimate of drug-likeness (QED) is 0.0777. The number of aryl methyl sites for hydroxylation is 1. The number of benzene rings is 7. The number of ether oxygens (including phenoxy) is 4. The van der Waals surface area contributed by atoms with E-state index in [0.717, 1.165) is 44.6 Å². The first kappa shape index (κ1) is 46.0. The number of aromatic nitrogens is 2. The Kier molecular flexibility index (Phi) is 14.3. The highest BCUT2D eigenvalue weighted by atomic mass is 79.9. The smallest absolute Gasteiger partial charge is 0.417 e. The molecule has 0 saturated carbocycles. The maximum atomic E-state index is 14.2. The zero-order valence-electron chi connectivity index (χ0n) is 36.2. The fourth-order valence-electron chi connectivity index (χ4n) is 7.88. The highest BCUT2D eigenvalue weighted by Crippen LogP contribution is 2.43. The van der Waals surface area contributed by atoms with Gasteiger partial charge < -0.3 is 33.6 Å². The third kappa shape index (κ3) is 10.6. The molecule has 9 nitrogen and oxygen atoms in total. The monoisotopic (exact) mass is 968 g/mol. The molecule has 0 fully saturated rings. The molecule has 7 aromatic carbocycles. The van der Waals surface area contributed by atoms with E-state index in [4.69, 9.17) is 18.9 Å². The SMILES string of the molecule is CCOC(=O)c1[nH]c2ccc(OCc3ccccc3)cc2c1Br.O=C(O)c1c(-c2ccccc2C(F)(F)F)c2cc(OCc3ccccc3)ccc2n1CCCOc1cccc2ccccc12. The second kappa shape index (κ2) is 20.8. The fourth-order valence-corrected chi connectivity index (χ4v) is 8.47. The summed E-state index contributed by atoms with van der Waals surface area (Å²) in [6, 6.07) is 48.8. The Morgan fingerprint density at radius 1 is 0.687 bits per heavy atom. The first-order valence-corrected chi connectivity index (χ1v) is 22.3. The van der Waals surface area contributed by atoms with Crippen molar-refractivity contribution in [2.45, 2.75) is 39.3 Å². The Morgan fingerprint density at radius 3 is 1.97 bits per heavy atom. The van der Waals surface area contributed by atoms with Gasteiger partial charge in [-0.1, -0.05) is 115 Å². The van der Waals surface area contributed by atoms with E-state index < -0.39 is 17.7 Å². The van der Waals surface area contributed by atoms with Crippen LogP contribution in [0.4, 0.5) is 13.2 Å². The second-order valence-corrected chi connectivity index (χ2v) is 16.2. The lowest BCUT2D eigenvalue weighted by Gasteiger charge is -2.14. The van der Waals surface area contributed by atoms with Gasteiger partial charge in [0, 0.05) is 39.3 Å². The summed E-state index contributed by atoms with van der Waals surface area (Å²) >= 11 is 3.47. The van der Waals surface area contributed by atoms with Gasteiger partial charge in [0.2, 0.25) is 0 Å². The standard InChI is InChI=1S/C36H28F3NO4.C18H16BrNO3/c37-36(38,39)30-16-7-6-15-28(30)33-29-22-26(44-23-24-10-2-1-3-11-24)18-19-31(29)40(34(33)35(41)42)20-9-21-43-32-17-8-13-25-12-4-5-14-27(25)32;1-2-22-18(21)17-16(19)14-10-13(8-9-15(14)20-17)23-11-12-6-4-3-5-7-12/h1-8,10-19,22H,9,20-21,23H2,(H,41,42);3-10,20H,2,11H2,1H3. The number of carboxylic acids is 1. The molecule has 0 aliphatic carbocycles. The third-order valence-electron chi connectivity index (χ3n) is 11.0. The molecular weight excluding hydrogens is 925 g/mol. The zero-order chi connectivity index (χ0) is 46.9. The van der Waals surface area contributed by atoms with Crippen molar-refractivity contribution in [3.8, 4) is 28.4 Å². The summed E-state index contributed by atoms with van der Waals surface area (Å²) in [6.07, 6.45) is -4.27. The number of esters is 1. The van der Waals surface area contributed by atoms with Crippen LogP contribution in [-0.4, -0.2) is 39.8 Å². The van der Waals surface area contributed by atoms with Gasteiger partial charge in [-0.25, -0.2) is 9.59 Å². The van der Waals surface area contributed by atoms with Crippen LogP contribution in [0.15, 0.2) is 168 Å². The predicted molar refractivity (Wildman–Crippen MR) is 257 cm³/mol. The molecule has 0 bridgehead atoms. The number of aromatic amines is 1. The largest absolute Gasteiger partial charge is 0.493 e. The molecule has 0 aliphatic rings. The van der Waals surface area contributed by atoms with E-state index in [1.54, 1.807) is 29.7 Å². The summed E-state index contributed by atoms with van der Waals surface area (Å²) < 4.78 is 67.7. The Hall–Kier alpha value is -7.51. The Bertz CT molecular complexity index is 3160. The number of carbonyl (C=O) groups excluding carboxylic acids is 1. The number of nitrogens with one attached hydrogen (secondary N) is 1. The van der Waals surface area contributed by atoms with Crippen LogP contribution in [0.5, 0.6) is 17.2 Å². The number of halogens is 4. The van der Waals surface area contributed by atoms with Crippen molar-refractivity contribution >= 4 is 60.4 Å². The summed E-state index contributed by atoms with van der Waals surface area (Å²) in [5.41, 5.74) is 2.46. The van der Waals surface area contributed by atoms with E-state index >= 15 is 0 Å². The fraction of sp³-hybridized carbons (Fsp3) is 0.148. The summed E-state index contributed by atoms with van der Waals surface area (Å²) in [4.78, 5) is 27.8. The molecule has 9 rings (SSSR count). The number of fused-ring (bicyclic) bond motifs is 3. The lowest BCUT2D eigenvalue weighted by atomic mass is 9.96.